The van der Waals surface area contributed by atoms with Gasteiger partial charge in [-0.3, -0.25) is 4.99 Å². The van der Waals surface area contributed by atoms with E-state index >= 15 is 0 Å². The molecule has 0 spiro atoms. The standard InChI is InChI=1S/C19H31N3O3/c1-3-20-19(21-11-5-13-25-14-15-8-9-15)22-12-10-16-6-4-7-17(24-2)18(16)23/h4,6-7,15,23H,3,5,8-14H2,1-2H3,(H2,20,21,22). The van der Waals surface area contributed by atoms with Crippen LogP contribution in [0.4, 0.5) is 0 Å². The van der Waals surface area contributed by atoms with Crippen molar-refractivity contribution in [3.05, 3.63) is 23.8 Å². The molecule has 0 saturated heterocycles. The van der Waals surface area contributed by atoms with Crippen LogP contribution in [0.3, 0.4) is 0 Å². The number of methoxy groups -OCH3 is 1. The highest BCUT2D eigenvalue weighted by Crippen LogP contribution is 2.29. The summed E-state index contributed by atoms with van der Waals surface area (Å²) < 4.78 is 10.8. The molecule has 2 rings (SSSR count). The lowest BCUT2D eigenvalue weighted by Gasteiger charge is -2.13. The van der Waals surface area contributed by atoms with E-state index in [1.165, 1.54) is 12.8 Å². The Morgan fingerprint density at radius 3 is 2.88 bits per heavy atom. The molecule has 0 bridgehead atoms. The summed E-state index contributed by atoms with van der Waals surface area (Å²) in [4.78, 5) is 4.56. The van der Waals surface area contributed by atoms with Crippen molar-refractivity contribution in [3.63, 3.8) is 0 Å². The van der Waals surface area contributed by atoms with Gasteiger partial charge in [-0.25, -0.2) is 0 Å². The van der Waals surface area contributed by atoms with Crippen molar-refractivity contribution in [2.45, 2.75) is 32.6 Å². The van der Waals surface area contributed by atoms with E-state index in [9.17, 15) is 5.11 Å². The van der Waals surface area contributed by atoms with Gasteiger partial charge in [0.25, 0.3) is 0 Å². The first-order valence-electron chi connectivity index (χ1n) is 9.19. The van der Waals surface area contributed by atoms with Crippen LogP contribution in [0, 0.1) is 5.92 Å². The predicted octanol–water partition coefficient (Wildman–Crippen LogP) is 2.32. The summed E-state index contributed by atoms with van der Waals surface area (Å²) in [6, 6.07) is 5.54. The topological polar surface area (TPSA) is 75.1 Å². The fraction of sp³-hybridized carbons (Fsp3) is 0.632. The average molecular weight is 349 g/mol. The Bertz CT molecular complexity index is 545. The molecule has 140 valence electrons. The predicted molar refractivity (Wildman–Crippen MR) is 101 cm³/mol. The van der Waals surface area contributed by atoms with Crippen LogP contribution in [0.2, 0.25) is 0 Å². The third kappa shape index (κ3) is 7.22. The summed E-state index contributed by atoms with van der Waals surface area (Å²) in [6.07, 6.45) is 4.28. The molecule has 1 aromatic carbocycles. The van der Waals surface area contributed by atoms with E-state index in [2.05, 4.69) is 15.6 Å². The van der Waals surface area contributed by atoms with Gasteiger partial charge in [0.05, 0.1) is 7.11 Å². The molecule has 0 atom stereocenters. The molecule has 0 radical (unpaired) electrons. The van der Waals surface area contributed by atoms with Crippen LogP contribution in [-0.4, -0.2) is 51.0 Å². The van der Waals surface area contributed by atoms with Gasteiger partial charge < -0.3 is 25.2 Å². The molecular weight excluding hydrogens is 318 g/mol. The van der Waals surface area contributed by atoms with E-state index < -0.39 is 0 Å². The lowest BCUT2D eigenvalue weighted by Crippen LogP contribution is -2.38. The van der Waals surface area contributed by atoms with Gasteiger partial charge >= 0.3 is 0 Å². The van der Waals surface area contributed by atoms with Gasteiger partial charge in [0.2, 0.25) is 0 Å². The number of para-hydroxylation sites is 1. The summed E-state index contributed by atoms with van der Waals surface area (Å²) >= 11 is 0. The first-order chi connectivity index (χ1) is 12.2. The number of hydrogen-bond acceptors (Lipinski definition) is 4. The normalized spacial score (nSPS) is 14.4. The molecule has 1 aromatic rings. The van der Waals surface area contributed by atoms with E-state index in [0.717, 1.165) is 50.2 Å². The molecule has 0 unspecified atom stereocenters. The maximum atomic E-state index is 10.1. The molecule has 1 aliphatic rings. The fourth-order valence-corrected chi connectivity index (χ4v) is 2.48. The van der Waals surface area contributed by atoms with Crippen LogP contribution < -0.4 is 15.4 Å². The molecule has 0 aliphatic heterocycles. The Balaban J connectivity index is 1.69. The summed E-state index contributed by atoms with van der Waals surface area (Å²) in [5.74, 6) is 2.33. The molecule has 1 aliphatic carbocycles. The minimum atomic E-state index is 0.210. The third-order valence-corrected chi connectivity index (χ3v) is 4.10. The van der Waals surface area contributed by atoms with Crippen LogP contribution in [0.1, 0.15) is 31.7 Å². The lowest BCUT2D eigenvalue weighted by atomic mass is 10.1. The van der Waals surface area contributed by atoms with Crippen LogP contribution >= 0.6 is 0 Å². The molecular formula is C19H31N3O3. The number of aromatic hydroxyl groups is 1. The lowest BCUT2D eigenvalue weighted by molar-refractivity contribution is 0.123. The Morgan fingerprint density at radius 2 is 2.16 bits per heavy atom. The number of phenolic OH excluding ortho intramolecular Hbond substituents is 1. The minimum absolute atomic E-state index is 0.210. The van der Waals surface area contributed by atoms with E-state index in [-0.39, 0.29) is 5.75 Å². The molecule has 6 nitrogen and oxygen atoms in total. The second-order valence-corrected chi connectivity index (χ2v) is 6.28. The number of phenols is 1. The van der Waals surface area contributed by atoms with Crippen molar-refractivity contribution in [2.75, 3.05) is 40.0 Å². The summed E-state index contributed by atoms with van der Waals surface area (Å²) in [6.45, 7) is 5.97. The highest BCUT2D eigenvalue weighted by atomic mass is 16.5. The minimum Gasteiger partial charge on any atom is -0.504 e. The molecule has 3 N–H and O–H groups in total. The Morgan fingerprint density at radius 1 is 1.32 bits per heavy atom. The molecule has 0 aromatic heterocycles. The number of ether oxygens (including phenoxy) is 2. The van der Waals surface area contributed by atoms with E-state index in [1.54, 1.807) is 13.2 Å². The van der Waals surface area contributed by atoms with Gasteiger partial charge in [-0.2, -0.15) is 0 Å². The molecule has 6 heteroatoms. The van der Waals surface area contributed by atoms with Crippen molar-refractivity contribution >= 4 is 5.96 Å². The fourth-order valence-electron chi connectivity index (χ4n) is 2.48. The Labute approximate surface area is 150 Å². The highest BCUT2D eigenvalue weighted by Gasteiger charge is 2.20. The van der Waals surface area contributed by atoms with Crippen molar-refractivity contribution in [1.82, 2.24) is 10.6 Å². The van der Waals surface area contributed by atoms with Gasteiger partial charge in [-0.1, -0.05) is 12.1 Å². The van der Waals surface area contributed by atoms with Gasteiger partial charge in [0.15, 0.2) is 17.5 Å². The second kappa shape index (κ2) is 10.8. The SMILES string of the molecule is CCNC(=NCCCOCC1CC1)NCCc1cccc(OC)c1O. The van der Waals surface area contributed by atoms with Gasteiger partial charge in [-0.05, 0) is 50.2 Å². The van der Waals surface area contributed by atoms with Gasteiger partial charge in [-0.15, -0.1) is 0 Å². The quantitative estimate of drug-likeness (QED) is 0.325. The summed E-state index contributed by atoms with van der Waals surface area (Å²) in [7, 11) is 1.56. The van der Waals surface area contributed by atoms with Crippen molar-refractivity contribution < 1.29 is 14.6 Å². The van der Waals surface area contributed by atoms with Crippen LogP contribution in [0.15, 0.2) is 23.2 Å². The molecule has 25 heavy (non-hydrogen) atoms. The number of benzene rings is 1. The second-order valence-electron chi connectivity index (χ2n) is 6.28. The van der Waals surface area contributed by atoms with Crippen LogP contribution in [-0.2, 0) is 11.2 Å². The number of nitrogens with one attached hydrogen (secondary N) is 2. The molecule has 1 saturated carbocycles. The van der Waals surface area contributed by atoms with E-state index in [1.807, 2.05) is 19.1 Å². The molecule has 0 heterocycles. The van der Waals surface area contributed by atoms with Crippen molar-refractivity contribution in [2.24, 2.45) is 10.9 Å². The largest absolute Gasteiger partial charge is 0.504 e. The maximum absolute atomic E-state index is 10.1. The number of guanidine groups is 1. The van der Waals surface area contributed by atoms with Crippen LogP contribution in [0.25, 0.3) is 0 Å². The molecule has 0 amide bonds. The van der Waals surface area contributed by atoms with Gasteiger partial charge in [0, 0.05) is 32.8 Å². The van der Waals surface area contributed by atoms with Crippen LogP contribution in [0.5, 0.6) is 11.5 Å². The van der Waals surface area contributed by atoms with Gasteiger partial charge in [0.1, 0.15) is 0 Å². The van der Waals surface area contributed by atoms with E-state index in [4.69, 9.17) is 9.47 Å². The number of aliphatic imine (C=N–C) groups is 1. The Hall–Kier alpha value is -1.95. The first kappa shape index (κ1) is 19.4. The summed E-state index contributed by atoms with van der Waals surface area (Å²) in [5.41, 5.74) is 0.858. The number of hydrogen-bond donors (Lipinski definition) is 3. The highest BCUT2D eigenvalue weighted by molar-refractivity contribution is 5.79. The smallest absolute Gasteiger partial charge is 0.191 e. The number of nitrogens with zero attached hydrogens (tertiary/aromatic N) is 1. The maximum Gasteiger partial charge on any atom is 0.191 e. The van der Waals surface area contributed by atoms with E-state index in [0.29, 0.717) is 18.7 Å². The zero-order chi connectivity index (χ0) is 17.9. The number of rotatable bonds is 11. The zero-order valence-electron chi connectivity index (χ0n) is 15.4. The average Bonchev–Trinajstić information content (AvgIpc) is 3.43. The summed E-state index contributed by atoms with van der Waals surface area (Å²) in [5, 5.41) is 16.6. The first-order valence-corrected chi connectivity index (χ1v) is 9.19. The molecule has 1 fully saturated rings. The monoisotopic (exact) mass is 349 g/mol. The van der Waals surface area contributed by atoms with Crippen molar-refractivity contribution in [1.29, 1.82) is 0 Å². The Kier molecular flexibility index (Phi) is 8.39. The zero-order valence-corrected chi connectivity index (χ0v) is 15.4. The third-order valence-electron chi connectivity index (χ3n) is 4.10. The van der Waals surface area contributed by atoms with Crippen molar-refractivity contribution in [3.8, 4) is 11.5 Å².